The number of aliphatic imine (C=N–C) groups is 1. The molecular weight excluding hydrogens is 352 g/mol. The summed E-state index contributed by atoms with van der Waals surface area (Å²) in [6.07, 6.45) is 2.74. The number of phenols is 1. The molecule has 0 aliphatic heterocycles. The molecule has 8 heteroatoms. The number of benzene rings is 1. The van der Waals surface area contributed by atoms with E-state index >= 15 is 0 Å². The van der Waals surface area contributed by atoms with Crippen molar-refractivity contribution in [2.45, 2.75) is 26.8 Å². The summed E-state index contributed by atoms with van der Waals surface area (Å²) in [4.78, 5) is 10.2. The lowest BCUT2D eigenvalue weighted by Gasteiger charge is -2.12. The van der Waals surface area contributed by atoms with Gasteiger partial charge in [0.15, 0.2) is 17.5 Å². The summed E-state index contributed by atoms with van der Waals surface area (Å²) in [7, 11) is 3.01. The highest BCUT2D eigenvalue weighted by Gasteiger charge is 2.11. The van der Waals surface area contributed by atoms with Crippen molar-refractivity contribution in [1.82, 2.24) is 15.6 Å². The molecule has 7 nitrogen and oxygen atoms in total. The van der Waals surface area contributed by atoms with Crippen LogP contribution in [-0.4, -0.2) is 43.4 Å². The molecule has 0 radical (unpaired) electrons. The van der Waals surface area contributed by atoms with E-state index in [1.165, 1.54) is 19.1 Å². The standard InChI is InChI=1S/C18H26N4O3S/c1-5-19-18(20-7-6-16-21-10-12(2)26-16)22-11-13-8-14(24-3)17(23)15(9-13)25-4/h8-10,23H,5-7,11H2,1-4H3,(H2,19,20,22). The Bertz CT molecular complexity index is 721. The number of hydrogen-bond donors (Lipinski definition) is 3. The zero-order valence-corrected chi connectivity index (χ0v) is 16.4. The number of aromatic hydroxyl groups is 1. The van der Waals surface area contributed by atoms with Crippen LogP contribution in [0, 0.1) is 6.92 Å². The van der Waals surface area contributed by atoms with Gasteiger partial charge in [-0.2, -0.15) is 0 Å². The summed E-state index contributed by atoms with van der Waals surface area (Å²) < 4.78 is 10.4. The van der Waals surface area contributed by atoms with E-state index in [2.05, 4.69) is 27.5 Å². The van der Waals surface area contributed by atoms with Gasteiger partial charge in [-0.15, -0.1) is 11.3 Å². The van der Waals surface area contributed by atoms with Crippen LogP contribution in [-0.2, 0) is 13.0 Å². The topological polar surface area (TPSA) is 88.0 Å². The van der Waals surface area contributed by atoms with Crippen molar-refractivity contribution in [2.75, 3.05) is 27.3 Å². The highest BCUT2D eigenvalue weighted by molar-refractivity contribution is 7.11. The van der Waals surface area contributed by atoms with E-state index < -0.39 is 0 Å². The fraction of sp³-hybridized carbons (Fsp3) is 0.444. The average Bonchev–Trinajstić information content (AvgIpc) is 3.05. The number of guanidine groups is 1. The van der Waals surface area contributed by atoms with Gasteiger partial charge in [0.2, 0.25) is 5.75 Å². The zero-order chi connectivity index (χ0) is 18.9. The third-order valence-electron chi connectivity index (χ3n) is 3.60. The molecule has 0 aliphatic rings. The number of hydrogen-bond acceptors (Lipinski definition) is 6. The number of ether oxygens (including phenoxy) is 2. The first-order valence-corrected chi connectivity index (χ1v) is 9.26. The molecule has 3 N–H and O–H groups in total. The van der Waals surface area contributed by atoms with E-state index in [-0.39, 0.29) is 5.75 Å². The van der Waals surface area contributed by atoms with Gasteiger partial charge in [-0.25, -0.2) is 9.98 Å². The van der Waals surface area contributed by atoms with E-state index in [1.807, 2.05) is 13.1 Å². The van der Waals surface area contributed by atoms with Gasteiger partial charge in [0.1, 0.15) is 0 Å². The quantitative estimate of drug-likeness (QED) is 0.483. The fourth-order valence-corrected chi connectivity index (χ4v) is 3.14. The Labute approximate surface area is 158 Å². The molecule has 26 heavy (non-hydrogen) atoms. The molecule has 2 aromatic rings. The molecule has 142 valence electrons. The number of thiazole rings is 1. The van der Waals surface area contributed by atoms with Gasteiger partial charge in [0, 0.05) is 30.6 Å². The first-order chi connectivity index (χ1) is 12.6. The second-order valence-electron chi connectivity index (χ2n) is 5.59. The molecule has 0 saturated carbocycles. The molecule has 0 atom stereocenters. The molecule has 2 rings (SSSR count). The molecule has 0 bridgehead atoms. The fourth-order valence-electron chi connectivity index (χ4n) is 2.36. The Kier molecular flexibility index (Phi) is 7.53. The van der Waals surface area contributed by atoms with Gasteiger partial charge in [-0.1, -0.05) is 0 Å². The van der Waals surface area contributed by atoms with Gasteiger partial charge >= 0.3 is 0 Å². The van der Waals surface area contributed by atoms with Crippen LogP contribution in [0.4, 0.5) is 0 Å². The van der Waals surface area contributed by atoms with E-state index in [1.54, 1.807) is 23.5 Å². The van der Waals surface area contributed by atoms with Gasteiger partial charge in [-0.05, 0) is 31.5 Å². The molecule has 0 unspecified atom stereocenters. The highest BCUT2D eigenvalue weighted by atomic mass is 32.1. The summed E-state index contributed by atoms with van der Waals surface area (Å²) in [6, 6.07) is 3.51. The Morgan fingerprint density at radius 2 is 1.92 bits per heavy atom. The predicted octanol–water partition coefficient (Wildman–Crippen LogP) is 2.47. The first kappa shape index (κ1) is 19.8. The second kappa shape index (κ2) is 9.86. The van der Waals surface area contributed by atoms with Gasteiger partial charge in [0.05, 0.1) is 25.8 Å². The van der Waals surface area contributed by atoms with Crippen molar-refractivity contribution >= 4 is 17.3 Å². The second-order valence-corrected chi connectivity index (χ2v) is 6.90. The summed E-state index contributed by atoms with van der Waals surface area (Å²) in [5.41, 5.74) is 0.879. The maximum Gasteiger partial charge on any atom is 0.200 e. The van der Waals surface area contributed by atoms with Crippen molar-refractivity contribution in [1.29, 1.82) is 0 Å². The number of rotatable bonds is 8. The van der Waals surface area contributed by atoms with Crippen molar-refractivity contribution < 1.29 is 14.6 Å². The molecular formula is C18H26N4O3S. The Morgan fingerprint density at radius 3 is 2.46 bits per heavy atom. The molecule has 0 fully saturated rings. The Hall–Kier alpha value is -2.48. The van der Waals surface area contributed by atoms with E-state index in [0.717, 1.165) is 36.0 Å². The normalized spacial score (nSPS) is 11.3. The maximum atomic E-state index is 9.99. The summed E-state index contributed by atoms with van der Waals surface area (Å²) in [6.45, 7) is 6.03. The highest BCUT2D eigenvalue weighted by Crippen LogP contribution is 2.37. The maximum absolute atomic E-state index is 9.99. The van der Waals surface area contributed by atoms with Crippen molar-refractivity contribution in [3.63, 3.8) is 0 Å². The van der Waals surface area contributed by atoms with Crippen molar-refractivity contribution in [2.24, 2.45) is 4.99 Å². The van der Waals surface area contributed by atoms with Crippen LogP contribution < -0.4 is 20.1 Å². The van der Waals surface area contributed by atoms with Gasteiger partial charge < -0.3 is 25.2 Å². The molecule has 0 spiro atoms. The molecule has 1 aromatic carbocycles. The zero-order valence-electron chi connectivity index (χ0n) is 15.6. The summed E-state index contributed by atoms with van der Waals surface area (Å²) in [5.74, 6) is 1.46. The third kappa shape index (κ3) is 5.52. The van der Waals surface area contributed by atoms with Crippen LogP contribution in [0.3, 0.4) is 0 Å². The van der Waals surface area contributed by atoms with Gasteiger partial charge in [-0.3, -0.25) is 0 Å². The summed E-state index contributed by atoms with van der Waals surface area (Å²) in [5, 5.41) is 17.6. The van der Waals surface area contributed by atoms with Crippen LogP contribution in [0.2, 0.25) is 0 Å². The SMILES string of the molecule is CCNC(=NCc1cc(OC)c(O)c(OC)c1)NCCc1ncc(C)s1. The van der Waals surface area contributed by atoms with Crippen LogP contribution in [0.25, 0.3) is 0 Å². The Morgan fingerprint density at radius 1 is 1.23 bits per heavy atom. The largest absolute Gasteiger partial charge is 0.502 e. The lowest BCUT2D eigenvalue weighted by atomic mass is 10.2. The van der Waals surface area contributed by atoms with Crippen molar-refractivity contribution in [3.8, 4) is 17.2 Å². The van der Waals surface area contributed by atoms with E-state index in [9.17, 15) is 5.11 Å². The molecule has 1 aromatic heterocycles. The minimum atomic E-state index is -0.00787. The monoisotopic (exact) mass is 378 g/mol. The molecule has 0 aliphatic carbocycles. The van der Waals surface area contributed by atoms with Crippen LogP contribution >= 0.6 is 11.3 Å². The van der Waals surface area contributed by atoms with Crippen LogP contribution in [0.15, 0.2) is 23.3 Å². The predicted molar refractivity (Wildman–Crippen MR) is 105 cm³/mol. The molecule has 0 saturated heterocycles. The van der Waals surface area contributed by atoms with Gasteiger partial charge in [0.25, 0.3) is 0 Å². The lowest BCUT2D eigenvalue weighted by molar-refractivity contribution is 0.339. The lowest BCUT2D eigenvalue weighted by Crippen LogP contribution is -2.38. The number of aromatic nitrogens is 1. The Balaban J connectivity index is 2.01. The third-order valence-corrected chi connectivity index (χ3v) is 4.58. The van der Waals surface area contributed by atoms with E-state index in [0.29, 0.717) is 18.0 Å². The minimum absolute atomic E-state index is 0.00787. The molecule has 0 amide bonds. The number of phenolic OH excluding ortho intramolecular Hbond substituents is 1. The number of methoxy groups -OCH3 is 2. The average molecular weight is 378 g/mol. The minimum Gasteiger partial charge on any atom is -0.502 e. The number of nitrogens with zero attached hydrogens (tertiary/aromatic N) is 2. The number of nitrogens with one attached hydrogen (secondary N) is 2. The first-order valence-electron chi connectivity index (χ1n) is 8.44. The van der Waals surface area contributed by atoms with E-state index in [4.69, 9.17) is 9.47 Å². The summed E-state index contributed by atoms with van der Waals surface area (Å²) >= 11 is 1.71. The molecule has 1 heterocycles. The van der Waals surface area contributed by atoms with Crippen LogP contribution in [0.1, 0.15) is 22.4 Å². The van der Waals surface area contributed by atoms with Crippen LogP contribution in [0.5, 0.6) is 17.2 Å². The number of aryl methyl sites for hydroxylation is 1. The smallest absolute Gasteiger partial charge is 0.200 e. The van der Waals surface area contributed by atoms with Crippen molar-refractivity contribution in [3.05, 3.63) is 33.8 Å².